The summed E-state index contributed by atoms with van der Waals surface area (Å²) in [5, 5.41) is 8.17. The van der Waals surface area contributed by atoms with Gasteiger partial charge >= 0.3 is 0 Å². The van der Waals surface area contributed by atoms with Crippen molar-refractivity contribution in [2.45, 2.75) is 51.0 Å². The Morgan fingerprint density at radius 1 is 1.27 bits per heavy atom. The first kappa shape index (κ1) is 10.6. The molecule has 0 aliphatic heterocycles. The molecule has 0 amide bonds. The van der Waals surface area contributed by atoms with Crippen LogP contribution in [0.1, 0.15) is 50.4 Å². The molecule has 2 N–H and O–H groups in total. The fourth-order valence-corrected chi connectivity index (χ4v) is 1.88. The Bertz CT molecular complexity index is 291. The lowest BCUT2D eigenvalue weighted by atomic mass is 10.1. The summed E-state index contributed by atoms with van der Waals surface area (Å²) in [5.41, 5.74) is 5.45. The molecule has 4 heteroatoms. The van der Waals surface area contributed by atoms with Crippen molar-refractivity contribution >= 4 is 0 Å². The maximum atomic E-state index is 5.45. The minimum Gasteiger partial charge on any atom is -0.330 e. The van der Waals surface area contributed by atoms with Gasteiger partial charge in [-0.1, -0.05) is 12.8 Å². The van der Waals surface area contributed by atoms with Gasteiger partial charge in [-0.2, -0.15) is 0 Å². The summed E-state index contributed by atoms with van der Waals surface area (Å²) in [6.07, 6.45) is 10.4. The number of nitrogens with two attached hydrogens (primary N) is 1. The topological polar surface area (TPSA) is 56.7 Å². The van der Waals surface area contributed by atoms with E-state index in [-0.39, 0.29) is 0 Å². The Labute approximate surface area is 90.9 Å². The quantitative estimate of drug-likeness (QED) is 0.693. The molecule has 1 fully saturated rings. The number of hydrogen-bond acceptors (Lipinski definition) is 3. The summed E-state index contributed by atoms with van der Waals surface area (Å²) < 4.78 is 2.25. The minimum absolute atomic E-state index is 0.707. The second kappa shape index (κ2) is 5.26. The third-order valence-corrected chi connectivity index (χ3v) is 2.94. The predicted octanol–water partition coefficient (Wildman–Crippen LogP) is 1.67. The SMILES string of the molecule is NCCCCCCc1nncn1C1CC1. The van der Waals surface area contributed by atoms with Gasteiger partial charge in [0.1, 0.15) is 12.2 Å². The van der Waals surface area contributed by atoms with E-state index in [1.54, 1.807) is 0 Å². The van der Waals surface area contributed by atoms with Crippen molar-refractivity contribution in [3.63, 3.8) is 0 Å². The van der Waals surface area contributed by atoms with Crippen LogP contribution in [0.3, 0.4) is 0 Å². The number of aromatic nitrogens is 3. The molecule has 1 saturated carbocycles. The molecule has 0 unspecified atom stereocenters. The Balaban J connectivity index is 1.70. The first-order valence-electron chi connectivity index (χ1n) is 6.00. The molecule has 0 bridgehead atoms. The van der Waals surface area contributed by atoms with E-state index < -0.39 is 0 Å². The van der Waals surface area contributed by atoms with Crippen LogP contribution < -0.4 is 5.73 Å². The lowest BCUT2D eigenvalue weighted by Gasteiger charge is -2.03. The van der Waals surface area contributed by atoms with Gasteiger partial charge in [-0.05, 0) is 32.2 Å². The zero-order chi connectivity index (χ0) is 10.5. The zero-order valence-corrected chi connectivity index (χ0v) is 9.23. The van der Waals surface area contributed by atoms with Gasteiger partial charge in [-0.15, -0.1) is 10.2 Å². The molecule has 1 aromatic heterocycles. The van der Waals surface area contributed by atoms with Crippen LogP contribution in [-0.2, 0) is 6.42 Å². The largest absolute Gasteiger partial charge is 0.330 e. The van der Waals surface area contributed by atoms with Crippen LogP contribution in [0.4, 0.5) is 0 Å². The van der Waals surface area contributed by atoms with E-state index >= 15 is 0 Å². The Morgan fingerprint density at radius 2 is 2.07 bits per heavy atom. The molecule has 1 aliphatic carbocycles. The van der Waals surface area contributed by atoms with Crippen LogP contribution in [0.25, 0.3) is 0 Å². The average molecular weight is 208 g/mol. The van der Waals surface area contributed by atoms with E-state index in [1.165, 1.54) is 37.9 Å². The van der Waals surface area contributed by atoms with Crippen molar-refractivity contribution in [1.82, 2.24) is 14.8 Å². The van der Waals surface area contributed by atoms with Gasteiger partial charge in [-0.25, -0.2) is 0 Å². The van der Waals surface area contributed by atoms with Crippen LogP contribution in [0.15, 0.2) is 6.33 Å². The molecular formula is C11H20N4. The monoisotopic (exact) mass is 208 g/mol. The Kier molecular flexibility index (Phi) is 3.72. The third kappa shape index (κ3) is 3.02. The second-order valence-electron chi connectivity index (χ2n) is 4.34. The molecule has 0 aromatic carbocycles. The fourth-order valence-electron chi connectivity index (χ4n) is 1.88. The minimum atomic E-state index is 0.707. The Morgan fingerprint density at radius 3 is 2.80 bits per heavy atom. The van der Waals surface area contributed by atoms with Crippen LogP contribution in [0, 0.1) is 0 Å². The third-order valence-electron chi connectivity index (χ3n) is 2.94. The number of hydrogen-bond donors (Lipinski definition) is 1. The van der Waals surface area contributed by atoms with E-state index in [4.69, 9.17) is 5.73 Å². The highest BCUT2D eigenvalue weighted by Crippen LogP contribution is 2.35. The number of unbranched alkanes of at least 4 members (excludes halogenated alkanes) is 3. The van der Waals surface area contributed by atoms with Crippen LogP contribution in [0.5, 0.6) is 0 Å². The fraction of sp³-hybridized carbons (Fsp3) is 0.818. The van der Waals surface area contributed by atoms with Crippen molar-refractivity contribution < 1.29 is 0 Å². The standard InChI is InChI=1S/C11H20N4/c12-8-4-2-1-3-5-11-14-13-9-15(11)10-6-7-10/h9-10H,1-8,12H2. The zero-order valence-electron chi connectivity index (χ0n) is 9.23. The number of aryl methyl sites for hydroxylation is 1. The van der Waals surface area contributed by atoms with Gasteiger partial charge in [0.2, 0.25) is 0 Å². The summed E-state index contributed by atoms with van der Waals surface area (Å²) >= 11 is 0. The van der Waals surface area contributed by atoms with E-state index in [0.29, 0.717) is 6.04 Å². The molecule has 0 atom stereocenters. The van der Waals surface area contributed by atoms with Crippen molar-refractivity contribution in [2.75, 3.05) is 6.54 Å². The molecule has 1 aromatic rings. The molecule has 84 valence electrons. The number of rotatable bonds is 7. The van der Waals surface area contributed by atoms with Gasteiger partial charge in [0.05, 0.1) is 0 Å². The van der Waals surface area contributed by atoms with Crippen LogP contribution >= 0.6 is 0 Å². The van der Waals surface area contributed by atoms with Gasteiger partial charge in [0, 0.05) is 12.5 Å². The van der Waals surface area contributed by atoms with Crippen LogP contribution in [0.2, 0.25) is 0 Å². The molecule has 1 heterocycles. The van der Waals surface area contributed by atoms with Crippen molar-refractivity contribution in [3.8, 4) is 0 Å². The van der Waals surface area contributed by atoms with Gasteiger partial charge in [0.15, 0.2) is 0 Å². The van der Waals surface area contributed by atoms with Crippen molar-refractivity contribution in [2.24, 2.45) is 5.73 Å². The summed E-state index contributed by atoms with van der Waals surface area (Å²) in [6.45, 7) is 0.818. The maximum absolute atomic E-state index is 5.45. The maximum Gasteiger partial charge on any atom is 0.133 e. The van der Waals surface area contributed by atoms with E-state index in [1.807, 2.05) is 6.33 Å². The molecular weight excluding hydrogens is 188 g/mol. The van der Waals surface area contributed by atoms with E-state index in [0.717, 1.165) is 19.4 Å². The molecule has 0 saturated heterocycles. The summed E-state index contributed by atoms with van der Waals surface area (Å²) in [7, 11) is 0. The lowest BCUT2D eigenvalue weighted by Crippen LogP contribution is -2.01. The molecule has 2 rings (SSSR count). The molecule has 0 spiro atoms. The average Bonchev–Trinajstić information content (AvgIpc) is 2.99. The van der Waals surface area contributed by atoms with Gasteiger partial charge < -0.3 is 10.3 Å². The van der Waals surface area contributed by atoms with E-state index in [9.17, 15) is 0 Å². The lowest BCUT2D eigenvalue weighted by molar-refractivity contribution is 0.606. The highest BCUT2D eigenvalue weighted by molar-refractivity contribution is 4.94. The Hall–Kier alpha value is -0.900. The smallest absolute Gasteiger partial charge is 0.133 e. The molecule has 1 aliphatic rings. The molecule has 0 radical (unpaired) electrons. The first-order valence-corrected chi connectivity index (χ1v) is 6.00. The molecule has 4 nitrogen and oxygen atoms in total. The van der Waals surface area contributed by atoms with Crippen LogP contribution in [-0.4, -0.2) is 21.3 Å². The summed E-state index contributed by atoms with van der Waals surface area (Å²) in [5.74, 6) is 1.17. The van der Waals surface area contributed by atoms with Gasteiger partial charge in [0.25, 0.3) is 0 Å². The van der Waals surface area contributed by atoms with Gasteiger partial charge in [-0.3, -0.25) is 0 Å². The summed E-state index contributed by atoms with van der Waals surface area (Å²) in [6, 6.07) is 0.707. The number of nitrogens with zero attached hydrogens (tertiary/aromatic N) is 3. The van der Waals surface area contributed by atoms with E-state index in [2.05, 4.69) is 14.8 Å². The highest BCUT2D eigenvalue weighted by atomic mass is 15.3. The normalized spacial score (nSPS) is 15.8. The second-order valence-corrected chi connectivity index (χ2v) is 4.34. The summed E-state index contributed by atoms with van der Waals surface area (Å²) in [4.78, 5) is 0. The van der Waals surface area contributed by atoms with Crippen molar-refractivity contribution in [1.29, 1.82) is 0 Å². The molecule has 15 heavy (non-hydrogen) atoms. The van der Waals surface area contributed by atoms with Crippen molar-refractivity contribution in [3.05, 3.63) is 12.2 Å². The predicted molar refractivity (Wildman–Crippen MR) is 59.5 cm³/mol. The first-order chi connectivity index (χ1) is 7.42. The highest BCUT2D eigenvalue weighted by Gasteiger charge is 2.25.